The summed E-state index contributed by atoms with van der Waals surface area (Å²) < 4.78 is 26.6. The van der Waals surface area contributed by atoms with Gasteiger partial charge >= 0.3 is 0 Å². The molecule has 0 saturated heterocycles. The van der Waals surface area contributed by atoms with Crippen LogP contribution in [0.25, 0.3) is 10.2 Å². The van der Waals surface area contributed by atoms with Gasteiger partial charge in [-0.3, -0.25) is 4.98 Å². The number of benzene rings is 1. The number of fused-ring (bicyclic) bond motifs is 1. The highest BCUT2D eigenvalue weighted by molar-refractivity contribution is 7.18. The smallest absolute Gasteiger partial charge is 0.263 e. The molecule has 1 saturated carbocycles. The molecule has 3 aromatic heterocycles. The molecule has 0 radical (unpaired) electrons. The minimum absolute atomic E-state index is 0.196. The molecule has 30 heavy (non-hydrogen) atoms. The third-order valence-corrected chi connectivity index (χ3v) is 5.81. The zero-order valence-electron chi connectivity index (χ0n) is 15.9. The second kappa shape index (κ2) is 7.79. The standard InChI is InChI=1S/C20H16FN5O3S/c1-27-24-8-12-6-16(22-9-14(12)21)18(19-26-23-10-28-19)29-13-4-5-15-17(7-13)30-20(25-15)11-2-3-11/h4-11,18H,2-3H2,1H3/b24-8+. The Morgan fingerprint density at radius 1 is 1.33 bits per heavy atom. The summed E-state index contributed by atoms with van der Waals surface area (Å²) in [6.07, 6.45) is 5.13. The van der Waals surface area contributed by atoms with Gasteiger partial charge < -0.3 is 14.0 Å². The predicted octanol–water partition coefficient (Wildman–Crippen LogP) is 4.24. The van der Waals surface area contributed by atoms with E-state index >= 15 is 0 Å². The maximum absolute atomic E-state index is 14.1. The second-order valence-corrected chi connectivity index (χ2v) is 7.84. The van der Waals surface area contributed by atoms with E-state index in [0.29, 0.717) is 17.4 Å². The molecule has 1 fully saturated rings. The molecule has 0 N–H and O–H groups in total. The van der Waals surface area contributed by atoms with Crippen LogP contribution in [0.5, 0.6) is 5.75 Å². The van der Waals surface area contributed by atoms with E-state index in [-0.39, 0.29) is 11.5 Å². The van der Waals surface area contributed by atoms with Gasteiger partial charge in [0.15, 0.2) is 0 Å². The molecule has 0 amide bonds. The summed E-state index contributed by atoms with van der Waals surface area (Å²) >= 11 is 1.68. The van der Waals surface area contributed by atoms with Crippen molar-refractivity contribution in [2.45, 2.75) is 24.9 Å². The Morgan fingerprint density at radius 2 is 2.23 bits per heavy atom. The first-order valence-electron chi connectivity index (χ1n) is 9.26. The van der Waals surface area contributed by atoms with E-state index in [9.17, 15) is 4.39 Å². The highest BCUT2D eigenvalue weighted by atomic mass is 32.1. The summed E-state index contributed by atoms with van der Waals surface area (Å²) in [5, 5.41) is 12.5. The number of nitrogens with zero attached hydrogens (tertiary/aromatic N) is 5. The van der Waals surface area contributed by atoms with Gasteiger partial charge in [-0.25, -0.2) is 9.37 Å². The molecule has 1 aliphatic rings. The average Bonchev–Trinajstić information content (AvgIpc) is 3.30. The van der Waals surface area contributed by atoms with Crippen LogP contribution in [0.3, 0.4) is 0 Å². The van der Waals surface area contributed by atoms with Gasteiger partial charge in [0.2, 0.25) is 12.5 Å². The Hall–Kier alpha value is -3.40. The van der Waals surface area contributed by atoms with Crippen LogP contribution in [0.15, 0.2) is 46.4 Å². The zero-order chi connectivity index (χ0) is 20.5. The van der Waals surface area contributed by atoms with Crippen molar-refractivity contribution in [3.05, 3.63) is 64.8 Å². The fourth-order valence-electron chi connectivity index (χ4n) is 2.99. The first kappa shape index (κ1) is 18.6. The van der Waals surface area contributed by atoms with Gasteiger partial charge in [0.1, 0.15) is 18.7 Å². The number of hydrogen-bond donors (Lipinski definition) is 0. The Morgan fingerprint density at radius 3 is 3.00 bits per heavy atom. The number of halogens is 1. The van der Waals surface area contributed by atoms with Gasteiger partial charge in [-0.1, -0.05) is 5.16 Å². The molecule has 1 aliphatic carbocycles. The lowest BCUT2D eigenvalue weighted by molar-refractivity contribution is 0.203. The molecule has 0 aliphatic heterocycles. The predicted molar refractivity (Wildman–Crippen MR) is 107 cm³/mol. The number of rotatable bonds is 7. The van der Waals surface area contributed by atoms with E-state index < -0.39 is 11.9 Å². The van der Waals surface area contributed by atoms with E-state index in [1.807, 2.05) is 18.2 Å². The minimum atomic E-state index is -0.823. The summed E-state index contributed by atoms with van der Waals surface area (Å²) in [6.45, 7) is 0. The lowest BCUT2D eigenvalue weighted by Crippen LogP contribution is -2.13. The lowest BCUT2D eigenvalue weighted by atomic mass is 10.1. The van der Waals surface area contributed by atoms with Gasteiger partial charge in [0.25, 0.3) is 5.89 Å². The Kier molecular flexibility index (Phi) is 4.83. The first-order valence-corrected chi connectivity index (χ1v) is 10.1. The second-order valence-electron chi connectivity index (χ2n) is 6.78. The van der Waals surface area contributed by atoms with Crippen molar-refractivity contribution in [1.82, 2.24) is 20.2 Å². The third-order valence-electron chi connectivity index (χ3n) is 4.63. The number of oxime groups is 1. The molecule has 1 atom stereocenters. The molecule has 0 spiro atoms. The van der Waals surface area contributed by atoms with Crippen molar-refractivity contribution in [2.24, 2.45) is 5.16 Å². The number of ether oxygens (including phenoxy) is 1. The molecule has 0 bridgehead atoms. The molecule has 8 nitrogen and oxygen atoms in total. The third kappa shape index (κ3) is 3.73. The molecular weight excluding hydrogens is 409 g/mol. The molecule has 5 rings (SSSR count). The van der Waals surface area contributed by atoms with Crippen LogP contribution < -0.4 is 4.74 Å². The van der Waals surface area contributed by atoms with Crippen molar-refractivity contribution in [2.75, 3.05) is 7.11 Å². The fourth-order valence-corrected chi connectivity index (χ4v) is 4.16. The maximum atomic E-state index is 14.1. The Balaban J connectivity index is 1.49. The van der Waals surface area contributed by atoms with Crippen molar-refractivity contribution in [1.29, 1.82) is 0 Å². The van der Waals surface area contributed by atoms with Crippen LogP contribution >= 0.6 is 11.3 Å². The van der Waals surface area contributed by atoms with Crippen LogP contribution in [-0.2, 0) is 4.84 Å². The van der Waals surface area contributed by atoms with Gasteiger partial charge in [-0.15, -0.1) is 21.5 Å². The first-order chi connectivity index (χ1) is 14.7. The van der Waals surface area contributed by atoms with Gasteiger partial charge in [-0.2, -0.15) is 0 Å². The van der Waals surface area contributed by atoms with Crippen LogP contribution in [0.4, 0.5) is 4.39 Å². The minimum Gasteiger partial charge on any atom is -0.474 e. The van der Waals surface area contributed by atoms with Crippen molar-refractivity contribution in [3.8, 4) is 5.75 Å². The largest absolute Gasteiger partial charge is 0.474 e. The molecule has 4 aromatic rings. The van der Waals surface area contributed by atoms with Crippen molar-refractivity contribution in [3.63, 3.8) is 0 Å². The Labute approximate surface area is 174 Å². The van der Waals surface area contributed by atoms with E-state index in [0.717, 1.165) is 21.4 Å². The maximum Gasteiger partial charge on any atom is 0.263 e. The van der Waals surface area contributed by atoms with Crippen molar-refractivity contribution >= 4 is 27.8 Å². The van der Waals surface area contributed by atoms with Gasteiger partial charge in [0, 0.05) is 11.5 Å². The average molecular weight is 425 g/mol. The number of hydrogen-bond acceptors (Lipinski definition) is 9. The van der Waals surface area contributed by atoms with E-state index in [1.165, 1.54) is 38.6 Å². The van der Waals surface area contributed by atoms with E-state index in [4.69, 9.17) is 14.1 Å². The van der Waals surface area contributed by atoms with Crippen LogP contribution in [-0.4, -0.2) is 33.5 Å². The summed E-state index contributed by atoms with van der Waals surface area (Å²) in [7, 11) is 1.38. The zero-order valence-corrected chi connectivity index (χ0v) is 16.7. The monoisotopic (exact) mass is 425 g/mol. The normalized spacial score (nSPS) is 15.0. The number of pyridine rings is 1. The van der Waals surface area contributed by atoms with Crippen LogP contribution in [0, 0.1) is 5.82 Å². The SMILES string of the molecule is CO/N=C/c1cc(C(Oc2ccc3nc(C4CC4)sc3c2)c2nnco2)ncc1F. The highest BCUT2D eigenvalue weighted by Gasteiger charge is 2.28. The van der Waals surface area contributed by atoms with Crippen LogP contribution in [0.2, 0.25) is 0 Å². The molecule has 3 heterocycles. The number of aromatic nitrogens is 4. The fraction of sp³-hybridized carbons (Fsp3) is 0.250. The molecule has 10 heteroatoms. The summed E-state index contributed by atoms with van der Waals surface area (Å²) in [4.78, 5) is 13.5. The molecule has 1 unspecified atom stereocenters. The molecule has 1 aromatic carbocycles. The number of thiazole rings is 1. The molecule has 152 valence electrons. The topological polar surface area (TPSA) is 95.5 Å². The molecular formula is C20H16FN5O3S. The highest BCUT2D eigenvalue weighted by Crippen LogP contribution is 2.43. The van der Waals surface area contributed by atoms with Crippen molar-refractivity contribution < 1.29 is 18.4 Å². The summed E-state index contributed by atoms with van der Waals surface area (Å²) in [5.41, 5.74) is 1.53. The van der Waals surface area contributed by atoms with Crippen LogP contribution in [0.1, 0.15) is 47.0 Å². The summed E-state index contributed by atoms with van der Waals surface area (Å²) in [6, 6.07) is 7.19. The van der Waals surface area contributed by atoms with E-state index in [1.54, 1.807) is 11.3 Å². The lowest BCUT2D eigenvalue weighted by Gasteiger charge is -2.16. The van der Waals surface area contributed by atoms with Gasteiger partial charge in [-0.05, 0) is 37.1 Å². The summed E-state index contributed by atoms with van der Waals surface area (Å²) in [5.74, 6) is 0.845. The van der Waals surface area contributed by atoms with E-state index in [2.05, 4.69) is 25.2 Å². The van der Waals surface area contributed by atoms with Gasteiger partial charge in [0.05, 0.1) is 33.3 Å². The Bertz CT molecular complexity index is 1210. The quantitative estimate of drug-likeness (QED) is 0.323.